The van der Waals surface area contributed by atoms with Crippen molar-refractivity contribution in [2.24, 2.45) is 11.7 Å². The van der Waals surface area contributed by atoms with Gasteiger partial charge in [0.1, 0.15) is 11.5 Å². The highest BCUT2D eigenvalue weighted by molar-refractivity contribution is 6.42. The Morgan fingerprint density at radius 2 is 1.64 bits per heavy atom. The van der Waals surface area contributed by atoms with Crippen LogP contribution in [0.2, 0.25) is 10.0 Å². The zero-order chi connectivity index (χ0) is 40.0. The van der Waals surface area contributed by atoms with Crippen LogP contribution in [0.4, 0.5) is 18.9 Å². The molecule has 9 nitrogen and oxygen atoms in total. The molecule has 0 spiro atoms. The van der Waals surface area contributed by atoms with E-state index in [4.69, 9.17) is 33.7 Å². The number of primary amides is 1. The predicted octanol–water partition coefficient (Wildman–Crippen LogP) is 9.36. The number of alkyl halides is 3. The zero-order valence-corrected chi connectivity index (χ0v) is 31.9. The largest absolute Gasteiger partial charge is 0.457 e. The SMILES string of the molecule is NC(=O)CN(Cc1cccc(C(F)(F)F)c1)C(=O)CCN1C(=O)c2cc(NC(=O)CCC3CCCC3)ccc2CC1c1cccc(Oc2ccc(Cl)c(Cl)c2)c1. The van der Waals surface area contributed by atoms with Gasteiger partial charge in [-0.25, -0.2) is 0 Å². The molecule has 6 rings (SSSR count). The van der Waals surface area contributed by atoms with Crippen molar-refractivity contribution in [3.8, 4) is 11.5 Å². The van der Waals surface area contributed by atoms with Crippen LogP contribution in [0, 0.1) is 5.92 Å². The number of carbonyl (C=O) groups is 4. The van der Waals surface area contributed by atoms with E-state index in [9.17, 15) is 32.3 Å². The van der Waals surface area contributed by atoms with E-state index in [2.05, 4.69) is 5.32 Å². The number of benzene rings is 4. The quantitative estimate of drug-likeness (QED) is 0.132. The molecule has 14 heteroatoms. The van der Waals surface area contributed by atoms with Gasteiger partial charge in [0.2, 0.25) is 17.7 Å². The summed E-state index contributed by atoms with van der Waals surface area (Å²) in [5, 5.41) is 3.62. The first-order valence-corrected chi connectivity index (χ1v) is 19.2. The molecule has 1 aliphatic heterocycles. The Kier molecular flexibility index (Phi) is 12.9. The van der Waals surface area contributed by atoms with Crippen LogP contribution >= 0.6 is 23.2 Å². The lowest BCUT2D eigenvalue weighted by Gasteiger charge is -2.37. The molecule has 4 amide bonds. The van der Waals surface area contributed by atoms with E-state index in [0.29, 0.717) is 57.1 Å². The number of anilines is 1. The number of hydrogen-bond donors (Lipinski definition) is 2. The summed E-state index contributed by atoms with van der Waals surface area (Å²) in [6.07, 6.45) is 1.34. The average molecular weight is 810 g/mol. The lowest BCUT2D eigenvalue weighted by molar-refractivity contribution is -0.137. The summed E-state index contributed by atoms with van der Waals surface area (Å²) in [6, 6.07) is 21.2. The lowest BCUT2D eigenvalue weighted by atomic mass is 9.88. The minimum atomic E-state index is -4.60. The van der Waals surface area contributed by atoms with E-state index in [1.54, 1.807) is 53.4 Å². The van der Waals surface area contributed by atoms with Gasteiger partial charge in [0.05, 0.1) is 28.2 Å². The van der Waals surface area contributed by atoms with Gasteiger partial charge in [0.25, 0.3) is 5.91 Å². The van der Waals surface area contributed by atoms with Crippen molar-refractivity contribution in [2.45, 2.75) is 70.1 Å². The van der Waals surface area contributed by atoms with Gasteiger partial charge in [-0.3, -0.25) is 19.2 Å². The molecule has 2 aliphatic rings. The fourth-order valence-corrected chi connectivity index (χ4v) is 7.67. The zero-order valence-electron chi connectivity index (χ0n) is 30.4. The Morgan fingerprint density at radius 3 is 2.38 bits per heavy atom. The van der Waals surface area contributed by atoms with E-state index in [1.165, 1.54) is 25.0 Å². The van der Waals surface area contributed by atoms with Gasteiger partial charge in [-0.05, 0) is 84.0 Å². The smallest absolute Gasteiger partial charge is 0.416 e. The van der Waals surface area contributed by atoms with Gasteiger partial charge in [0, 0.05) is 43.2 Å². The number of nitrogens with two attached hydrogens (primary N) is 1. The first-order valence-electron chi connectivity index (χ1n) is 18.4. The summed E-state index contributed by atoms with van der Waals surface area (Å²) in [7, 11) is 0. The Labute approximate surface area is 332 Å². The first kappa shape index (κ1) is 40.6. The molecule has 1 aliphatic carbocycles. The molecule has 0 saturated heterocycles. The molecule has 0 bridgehead atoms. The Hall–Kier alpha value is -5.07. The van der Waals surface area contributed by atoms with Gasteiger partial charge in [-0.2, -0.15) is 13.2 Å². The number of hydrogen-bond acceptors (Lipinski definition) is 5. The normalized spacial score (nSPS) is 15.7. The van der Waals surface area contributed by atoms with Crippen LogP contribution in [0.3, 0.4) is 0 Å². The molecule has 1 saturated carbocycles. The van der Waals surface area contributed by atoms with E-state index in [-0.39, 0.29) is 36.9 Å². The van der Waals surface area contributed by atoms with Gasteiger partial charge in [-0.1, -0.05) is 79.2 Å². The minimum Gasteiger partial charge on any atom is -0.457 e. The van der Waals surface area contributed by atoms with E-state index >= 15 is 0 Å². The van der Waals surface area contributed by atoms with Crippen molar-refractivity contribution in [3.63, 3.8) is 0 Å². The second kappa shape index (κ2) is 17.8. The van der Waals surface area contributed by atoms with Crippen LogP contribution in [0.5, 0.6) is 11.5 Å². The molecule has 294 valence electrons. The summed E-state index contributed by atoms with van der Waals surface area (Å²) in [5.74, 6) is -0.496. The van der Waals surface area contributed by atoms with Crippen LogP contribution in [0.15, 0.2) is 84.9 Å². The first-order chi connectivity index (χ1) is 26.7. The molecule has 4 aromatic carbocycles. The van der Waals surface area contributed by atoms with Gasteiger partial charge in [-0.15, -0.1) is 0 Å². The minimum absolute atomic E-state index is 0.102. The molecule has 1 heterocycles. The highest BCUT2D eigenvalue weighted by atomic mass is 35.5. The standard InChI is InChI=1S/C42H41Cl2F3N4O5/c43-35-15-14-33(23-36(35)44)56-32-10-4-8-29(20-32)37-21-28-12-13-31(49-39(53)16-11-26-5-1-2-6-26)22-34(28)41(55)51(37)18-17-40(54)50(25-38(48)52)24-27-7-3-9-30(19-27)42(45,46)47/h3-4,7-10,12-15,19-20,22-23,26,37H,1-2,5-6,11,16-18,21,24-25H2,(H2,48,52)(H,49,53). The molecule has 0 radical (unpaired) electrons. The fourth-order valence-electron chi connectivity index (χ4n) is 7.38. The number of rotatable bonds is 14. The van der Waals surface area contributed by atoms with Crippen molar-refractivity contribution in [3.05, 3.63) is 123 Å². The third-order valence-corrected chi connectivity index (χ3v) is 10.9. The van der Waals surface area contributed by atoms with E-state index in [1.807, 2.05) is 12.1 Å². The summed E-state index contributed by atoms with van der Waals surface area (Å²) in [5.41, 5.74) is 7.00. The number of nitrogens with zero attached hydrogens (tertiary/aromatic N) is 2. The maximum Gasteiger partial charge on any atom is 0.416 e. The van der Waals surface area contributed by atoms with E-state index in [0.717, 1.165) is 41.9 Å². The van der Waals surface area contributed by atoms with Crippen LogP contribution in [-0.2, 0) is 33.5 Å². The summed E-state index contributed by atoms with van der Waals surface area (Å²) >= 11 is 12.3. The monoisotopic (exact) mass is 808 g/mol. The predicted molar refractivity (Wildman–Crippen MR) is 207 cm³/mol. The molecule has 1 fully saturated rings. The molecular weight excluding hydrogens is 768 g/mol. The maximum atomic E-state index is 14.4. The van der Waals surface area contributed by atoms with Crippen molar-refractivity contribution in [1.82, 2.24) is 9.80 Å². The highest BCUT2D eigenvalue weighted by Gasteiger charge is 2.35. The number of carbonyl (C=O) groups excluding carboxylic acids is 4. The molecule has 4 aromatic rings. The summed E-state index contributed by atoms with van der Waals surface area (Å²) in [6.45, 7) is -0.938. The Balaban J connectivity index is 1.25. The van der Waals surface area contributed by atoms with Gasteiger partial charge < -0.3 is 25.6 Å². The van der Waals surface area contributed by atoms with Crippen molar-refractivity contribution >= 4 is 52.5 Å². The molecular formula is C42H41Cl2F3N4O5. The second-order valence-corrected chi connectivity index (χ2v) is 15.1. The van der Waals surface area contributed by atoms with Crippen LogP contribution in [0.25, 0.3) is 0 Å². The average Bonchev–Trinajstić information content (AvgIpc) is 3.69. The Morgan fingerprint density at radius 1 is 0.893 bits per heavy atom. The topological polar surface area (TPSA) is 122 Å². The number of halogens is 5. The van der Waals surface area contributed by atoms with Crippen molar-refractivity contribution < 1.29 is 37.1 Å². The summed E-state index contributed by atoms with van der Waals surface area (Å²) in [4.78, 5) is 55.6. The van der Waals surface area contributed by atoms with Gasteiger partial charge in [0.15, 0.2) is 0 Å². The third kappa shape index (κ3) is 10.4. The highest BCUT2D eigenvalue weighted by Crippen LogP contribution is 2.38. The summed E-state index contributed by atoms with van der Waals surface area (Å²) < 4.78 is 46.4. The van der Waals surface area contributed by atoms with Crippen LogP contribution < -0.4 is 15.8 Å². The molecule has 0 aromatic heterocycles. The molecule has 1 unspecified atom stereocenters. The number of ether oxygens (including phenoxy) is 1. The fraction of sp³-hybridized carbons (Fsp3) is 0.333. The van der Waals surface area contributed by atoms with Crippen LogP contribution in [-0.4, -0.2) is 46.5 Å². The lowest BCUT2D eigenvalue weighted by Crippen LogP contribution is -2.44. The van der Waals surface area contributed by atoms with Crippen LogP contribution in [0.1, 0.15) is 83.6 Å². The van der Waals surface area contributed by atoms with Crippen molar-refractivity contribution in [2.75, 3.05) is 18.4 Å². The maximum absolute atomic E-state index is 14.4. The molecule has 1 atom stereocenters. The second-order valence-electron chi connectivity index (χ2n) is 14.2. The van der Waals surface area contributed by atoms with Crippen molar-refractivity contribution in [1.29, 1.82) is 0 Å². The number of fused-ring (bicyclic) bond motifs is 1. The molecule has 3 N–H and O–H groups in total. The molecule has 56 heavy (non-hydrogen) atoms. The number of amides is 4. The Bertz CT molecular complexity index is 2110. The van der Waals surface area contributed by atoms with E-state index < -0.39 is 36.1 Å². The number of nitrogens with one attached hydrogen (secondary N) is 1. The van der Waals surface area contributed by atoms with Gasteiger partial charge >= 0.3 is 6.18 Å². The third-order valence-electron chi connectivity index (χ3n) is 10.2.